The third-order valence-corrected chi connectivity index (χ3v) is 2.39. The molecular weight excluding hydrogens is 190 g/mol. The normalized spacial score (nSPS) is 11.9. The fraction of sp³-hybridized carbons (Fsp3) is 0.909. The van der Waals surface area contributed by atoms with E-state index in [0.717, 1.165) is 13.1 Å². The molecule has 0 saturated heterocycles. The molecule has 0 atom stereocenters. The lowest BCUT2D eigenvalue weighted by molar-refractivity contribution is 0.316. The molecule has 0 bridgehead atoms. The zero-order valence-corrected chi connectivity index (χ0v) is 9.84. The first-order valence-corrected chi connectivity index (χ1v) is 5.98. The van der Waals surface area contributed by atoms with Crippen LogP contribution in [0, 0.1) is 0 Å². The van der Waals surface area contributed by atoms with Gasteiger partial charge in [0.15, 0.2) is 0 Å². The predicted octanol–water partition coefficient (Wildman–Crippen LogP) is 2.07. The van der Waals surface area contributed by atoms with Crippen molar-refractivity contribution in [2.75, 3.05) is 13.1 Å². The number of nitrogens with two attached hydrogens (primary N) is 1. The third kappa shape index (κ3) is 11.2. The van der Waals surface area contributed by atoms with Crippen molar-refractivity contribution in [3.63, 3.8) is 0 Å². The highest BCUT2D eigenvalue weighted by Crippen LogP contribution is 2.03. The molecule has 0 spiro atoms. The van der Waals surface area contributed by atoms with Gasteiger partial charge in [0.2, 0.25) is 0 Å². The van der Waals surface area contributed by atoms with Crippen molar-refractivity contribution < 1.29 is 5.21 Å². The molecule has 0 aliphatic rings. The summed E-state index contributed by atoms with van der Waals surface area (Å²) in [5.41, 5.74) is 5.33. The maximum Gasteiger partial charge on any atom is 0.140 e. The molecule has 0 saturated carbocycles. The van der Waals surface area contributed by atoms with Crippen LogP contribution in [0.1, 0.15) is 51.9 Å². The van der Waals surface area contributed by atoms with Crippen molar-refractivity contribution in [2.24, 2.45) is 10.9 Å². The Balaban J connectivity index is 2.99. The molecule has 0 aliphatic carbocycles. The molecule has 4 nitrogen and oxygen atoms in total. The van der Waals surface area contributed by atoms with Gasteiger partial charge >= 0.3 is 0 Å². The van der Waals surface area contributed by atoms with E-state index in [1.165, 1.54) is 38.5 Å². The fourth-order valence-corrected chi connectivity index (χ4v) is 1.42. The quantitative estimate of drug-likeness (QED) is 0.172. The van der Waals surface area contributed by atoms with Gasteiger partial charge in [-0.25, -0.2) is 0 Å². The smallest absolute Gasteiger partial charge is 0.140 e. The molecule has 0 aromatic rings. The van der Waals surface area contributed by atoms with Gasteiger partial charge in [-0.2, -0.15) is 0 Å². The standard InChI is InChI=1S/C11H25N3O/c1-2-3-4-5-6-7-9-13-10-8-11(12)14-15/h13,15H,2-10H2,1H3,(H2,12,14). The summed E-state index contributed by atoms with van der Waals surface area (Å²) in [4.78, 5) is 0. The molecule has 0 aromatic heterocycles. The van der Waals surface area contributed by atoms with Crippen LogP contribution in [0.3, 0.4) is 0 Å². The SMILES string of the molecule is CCCCCCCCNCCC(N)=NO. The van der Waals surface area contributed by atoms with Crippen molar-refractivity contribution >= 4 is 5.84 Å². The summed E-state index contributed by atoms with van der Waals surface area (Å²) in [7, 11) is 0. The highest BCUT2D eigenvalue weighted by Gasteiger charge is 1.93. The highest BCUT2D eigenvalue weighted by molar-refractivity contribution is 5.79. The van der Waals surface area contributed by atoms with Crippen molar-refractivity contribution in [2.45, 2.75) is 51.9 Å². The van der Waals surface area contributed by atoms with Gasteiger partial charge in [-0.05, 0) is 13.0 Å². The van der Waals surface area contributed by atoms with Gasteiger partial charge in [0, 0.05) is 13.0 Å². The van der Waals surface area contributed by atoms with E-state index in [4.69, 9.17) is 10.9 Å². The summed E-state index contributed by atoms with van der Waals surface area (Å²) >= 11 is 0. The number of hydrogen-bond donors (Lipinski definition) is 3. The molecule has 0 aliphatic heterocycles. The molecule has 0 radical (unpaired) electrons. The van der Waals surface area contributed by atoms with E-state index in [9.17, 15) is 0 Å². The number of unbranched alkanes of at least 4 members (excludes halogenated alkanes) is 5. The monoisotopic (exact) mass is 215 g/mol. The summed E-state index contributed by atoms with van der Waals surface area (Å²) in [6.45, 7) is 4.06. The van der Waals surface area contributed by atoms with Crippen molar-refractivity contribution in [3.8, 4) is 0 Å². The van der Waals surface area contributed by atoms with Crippen molar-refractivity contribution in [1.82, 2.24) is 5.32 Å². The number of nitrogens with one attached hydrogen (secondary N) is 1. The number of hydrogen-bond acceptors (Lipinski definition) is 3. The van der Waals surface area contributed by atoms with Gasteiger partial charge in [-0.15, -0.1) is 0 Å². The van der Waals surface area contributed by atoms with Gasteiger partial charge in [0.1, 0.15) is 5.84 Å². The topological polar surface area (TPSA) is 70.6 Å². The Labute approximate surface area is 92.9 Å². The van der Waals surface area contributed by atoms with Crippen LogP contribution in [0.2, 0.25) is 0 Å². The molecule has 4 heteroatoms. The van der Waals surface area contributed by atoms with E-state index >= 15 is 0 Å². The van der Waals surface area contributed by atoms with Crippen LogP contribution in [0.25, 0.3) is 0 Å². The predicted molar refractivity (Wildman–Crippen MR) is 64.3 cm³/mol. The Morgan fingerprint density at radius 1 is 1.13 bits per heavy atom. The van der Waals surface area contributed by atoms with E-state index < -0.39 is 0 Å². The molecular formula is C11H25N3O. The maximum absolute atomic E-state index is 8.29. The zero-order chi connectivity index (χ0) is 11.4. The molecule has 0 amide bonds. The van der Waals surface area contributed by atoms with E-state index in [-0.39, 0.29) is 0 Å². The van der Waals surface area contributed by atoms with Gasteiger partial charge in [-0.1, -0.05) is 44.2 Å². The summed E-state index contributed by atoms with van der Waals surface area (Å²) in [6.07, 6.45) is 8.51. The Hall–Kier alpha value is -0.770. The molecule has 90 valence electrons. The third-order valence-electron chi connectivity index (χ3n) is 2.39. The van der Waals surface area contributed by atoms with Gasteiger partial charge in [-0.3, -0.25) is 0 Å². The van der Waals surface area contributed by atoms with E-state index in [1.807, 2.05) is 0 Å². The second-order valence-electron chi connectivity index (χ2n) is 3.86. The lowest BCUT2D eigenvalue weighted by Gasteiger charge is -2.03. The second-order valence-corrected chi connectivity index (χ2v) is 3.86. The lowest BCUT2D eigenvalue weighted by Crippen LogP contribution is -2.23. The van der Waals surface area contributed by atoms with E-state index in [0.29, 0.717) is 12.3 Å². The van der Waals surface area contributed by atoms with E-state index in [2.05, 4.69) is 17.4 Å². The Kier molecular flexibility index (Phi) is 10.7. The number of oxime groups is 1. The molecule has 0 unspecified atom stereocenters. The van der Waals surface area contributed by atoms with Crippen LogP contribution < -0.4 is 11.1 Å². The van der Waals surface area contributed by atoms with Crippen LogP contribution in [0.5, 0.6) is 0 Å². The van der Waals surface area contributed by atoms with Crippen LogP contribution in [0.15, 0.2) is 5.16 Å². The number of amidine groups is 1. The molecule has 4 N–H and O–H groups in total. The molecule has 0 rings (SSSR count). The second kappa shape index (κ2) is 11.3. The van der Waals surface area contributed by atoms with Crippen molar-refractivity contribution in [1.29, 1.82) is 0 Å². The first-order chi connectivity index (χ1) is 7.31. The highest BCUT2D eigenvalue weighted by atomic mass is 16.4. The minimum atomic E-state index is 0.297. The summed E-state index contributed by atoms with van der Waals surface area (Å²) in [5.74, 6) is 0.297. The molecule has 0 fully saturated rings. The Morgan fingerprint density at radius 2 is 1.80 bits per heavy atom. The Morgan fingerprint density at radius 3 is 2.47 bits per heavy atom. The van der Waals surface area contributed by atoms with Crippen molar-refractivity contribution in [3.05, 3.63) is 0 Å². The number of nitrogens with zero attached hydrogens (tertiary/aromatic N) is 1. The van der Waals surface area contributed by atoms with Gasteiger partial charge in [0.25, 0.3) is 0 Å². The van der Waals surface area contributed by atoms with Crippen LogP contribution >= 0.6 is 0 Å². The summed E-state index contributed by atoms with van der Waals surface area (Å²) in [6, 6.07) is 0. The summed E-state index contributed by atoms with van der Waals surface area (Å²) < 4.78 is 0. The molecule has 0 aromatic carbocycles. The maximum atomic E-state index is 8.29. The minimum Gasteiger partial charge on any atom is -0.409 e. The first kappa shape index (κ1) is 14.2. The van der Waals surface area contributed by atoms with Gasteiger partial charge < -0.3 is 16.3 Å². The first-order valence-electron chi connectivity index (χ1n) is 5.98. The average molecular weight is 215 g/mol. The largest absolute Gasteiger partial charge is 0.409 e. The number of rotatable bonds is 10. The zero-order valence-electron chi connectivity index (χ0n) is 9.84. The molecule has 15 heavy (non-hydrogen) atoms. The van der Waals surface area contributed by atoms with E-state index in [1.54, 1.807) is 0 Å². The summed E-state index contributed by atoms with van der Waals surface area (Å²) in [5, 5.41) is 14.5. The molecule has 0 heterocycles. The van der Waals surface area contributed by atoms with Crippen LogP contribution in [0.4, 0.5) is 0 Å². The fourth-order valence-electron chi connectivity index (χ4n) is 1.42. The van der Waals surface area contributed by atoms with Crippen LogP contribution in [-0.4, -0.2) is 24.1 Å². The average Bonchev–Trinajstić information content (AvgIpc) is 2.26. The minimum absolute atomic E-state index is 0.297. The van der Waals surface area contributed by atoms with Crippen LogP contribution in [-0.2, 0) is 0 Å². The Bertz CT molecular complexity index is 160. The lowest BCUT2D eigenvalue weighted by atomic mass is 10.1. The van der Waals surface area contributed by atoms with Gasteiger partial charge in [0.05, 0.1) is 0 Å².